The first kappa shape index (κ1) is 13.5. The second-order valence-corrected chi connectivity index (χ2v) is 4.84. The minimum atomic E-state index is 0.626. The lowest BCUT2D eigenvalue weighted by Gasteiger charge is -2.14. The largest absolute Gasteiger partial charge is 0.358 e. The Balaban J connectivity index is 1.95. The summed E-state index contributed by atoms with van der Waals surface area (Å²) in [6, 6.07) is 10.1. The van der Waals surface area contributed by atoms with Gasteiger partial charge in [0.1, 0.15) is 0 Å². The van der Waals surface area contributed by atoms with Crippen LogP contribution in [-0.4, -0.2) is 10.1 Å². The van der Waals surface area contributed by atoms with Crippen molar-refractivity contribution in [2.24, 2.45) is 0 Å². The molecule has 0 atom stereocenters. The van der Waals surface area contributed by atoms with Gasteiger partial charge in [-0.2, -0.15) is 0 Å². The lowest BCUT2D eigenvalue weighted by molar-refractivity contribution is 0.916. The average Bonchev–Trinajstić information content (AvgIpc) is 2.42. The number of rotatable bonds is 3. The molecule has 0 aliphatic carbocycles. The van der Waals surface area contributed by atoms with Crippen LogP contribution in [0.3, 0.4) is 0 Å². The number of hydrogen-bond donors (Lipinski definition) is 2. The van der Waals surface area contributed by atoms with E-state index in [2.05, 4.69) is 41.6 Å². The molecule has 0 amide bonds. The van der Waals surface area contributed by atoms with Crippen molar-refractivity contribution >= 4 is 23.0 Å². The third kappa shape index (κ3) is 3.76. The summed E-state index contributed by atoms with van der Waals surface area (Å²) in [7, 11) is 0. The standard InChI is InChI=1S/C15H17N3S/c1-11-5-3-6-12(2)14(11)18-15(19)17-10-13-7-4-8-16-9-13/h3-9H,10H2,1-2H3,(H2,17,18,19). The van der Waals surface area contributed by atoms with Crippen LogP contribution in [0.15, 0.2) is 42.7 Å². The van der Waals surface area contributed by atoms with Gasteiger partial charge in [0.15, 0.2) is 5.11 Å². The van der Waals surface area contributed by atoms with Crippen LogP contribution < -0.4 is 10.6 Å². The van der Waals surface area contributed by atoms with Gasteiger partial charge < -0.3 is 10.6 Å². The fourth-order valence-electron chi connectivity index (χ4n) is 1.85. The molecule has 1 aromatic carbocycles. The molecule has 0 bridgehead atoms. The highest BCUT2D eigenvalue weighted by atomic mass is 32.1. The second-order valence-electron chi connectivity index (χ2n) is 4.44. The van der Waals surface area contributed by atoms with E-state index in [0.29, 0.717) is 11.7 Å². The number of aromatic nitrogens is 1. The lowest BCUT2D eigenvalue weighted by atomic mass is 10.1. The smallest absolute Gasteiger partial charge is 0.171 e. The number of hydrogen-bond acceptors (Lipinski definition) is 2. The van der Waals surface area contributed by atoms with E-state index in [-0.39, 0.29) is 0 Å². The quantitative estimate of drug-likeness (QED) is 0.841. The summed E-state index contributed by atoms with van der Waals surface area (Å²) in [5.41, 5.74) is 4.55. The molecule has 0 saturated carbocycles. The van der Waals surface area contributed by atoms with Crippen LogP contribution in [-0.2, 0) is 6.54 Å². The maximum atomic E-state index is 5.31. The number of pyridine rings is 1. The Morgan fingerprint density at radius 2 is 1.89 bits per heavy atom. The molecule has 2 rings (SSSR count). The van der Waals surface area contributed by atoms with Gasteiger partial charge in [-0.1, -0.05) is 24.3 Å². The van der Waals surface area contributed by atoms with E-state index in [1.165, 1.54) is 11.1 Å². The van der Waals surface area contributed by atoms with Crippen LogP contribution in [0.25, 0.3) is 0 Å². The highest BCUT2D eigenvalue weighted by Gasteiger charge is 2.03. The van der Waals surface area contributed by atoms with Crippen LogP contribution in [0.5, 0.6) is 0 Å². The van der Waals surface area contributed by atoms with Gasteiger partial charge in [0.05, 0.1) is 0 Å². The van der Waals surface area contributed by atoms with Crippen molar-refractivity contribution in [1.82, 2.24) is 10.3 Å². The van der Waals surface area contributed by atoms with Gasteiger partial charge in [-0.25, -0.2) is 0 Å². The van der Waals surface area contributed by atoms with E-state index in [9.17, 15) is 0 Å². The van der Waals surface area contributed by atoms with Crippen LogP contribution in [0.2, 0.25) is 0 Å². The minimum Gasteiger partial charge on any atom is -0.358 e. The molecular formula is C15H17N3S. The summed E-state index contributed by atoms with van der Waals surface area (Å²) < 4.78 is 0. The SMILES string of the molecule is Cc1cccc(C)c1NC(=S)NCc1cccnc1. The third-order valence-corrected chi connectivity index (χ3v) is 3.14. The lowest BCUT2D eigenvalue weighted by Crippen LogP contribution is -2.28. The summed E-state index contributed by atoms with van der Waals surface area (Å²) in [4.78, 5) is 4.07. The monoisotopic (exact) mass is 271 g/mol. The third-order valence-electron chi connectivity index (χ3n) is 2.90. The summed E-state index contributed by atoms with van der Waals surface area (Å²) in [5, 5.41) is 7.06. The van der Waals surface area contributed by atoms with E-state index < -0.39 is 0 Å². The van der Waals surface area contributed by atoms with Gasteiger partial charge in [-0.15, -0.1) is 0 Å². The predicted molar refractivity (Wildman–Crippen MR) is 83.2 cm³/mol. The highest BCUT2D eigenvalue weighted by molar-refractivity contribution is 7.80. The highest BCUT2D eigenvalue weighted by Crippen LogP contribution is 2.19. The molecular weight excluding hydrogens is 254 g/mol. The maximum absolute atomic E-state index is 5.31. The summed E-state index contributed by atoms with van der Waals surface area (Å²) >= 11 is 5.31. The van der Waals surface area contributed by atoms with Crippen LogP contribution in [0, 0.1) is 13.8 Å². The van der Waals surface area contributed by atoms with Crippen molar-refractivity contribution in [1.29, 1.82) is 0 Å². The molecule has 0 radical (unpaired) electrons. The summed E-state index contributed by atoms with van der Waals surface area (Å²) in [6.07, 6.45) is 3.59. The van der Waals surface area contributed by atoms with Gasteiger partial charge in [0.25, 0.3) is 0 Å². The van der Waals surface area contributed by atoms with E-state index in [1.807, 2.05) is 24.4 Å². The zero-order valence-electron chi connectivity index (χ0n) is 11.1. The van der Waals surface area contributed by atoms with Crippen molar-refractivity contribution in [3.8, 4) is 0 Å². The second kappa shape index (κ2) is 6.29. The Bertz CT molecular complexity index is 547. The predicted octanol–water partition coefficient (Wildman–Crippen LogP) is 3.19. The van der Waals surface area contributed by atoms with Crippen molar-refractivity contribution in [2.75, 3.05) is 5.32 Å². The number of aryl methyl sites for hydroxylation is 2. The van der Waals surface area contributed by atoms with Crippen molar-refractivity contribution in [3.63, 3.8) is 0 Å². The van der Waals surface area contributed by atoms with Gasteiger partial charge >= 0.3 is 0 Å². The van der Waals surface area contributed by atoms with Gasteiger partial charge in [-0.05, 0) is 48.8 Å². The van der Waals surface area contributed by atoms with Crippen molar-refractivity contribution < 1.29 is 0 Å². The number of anilines is 1. The Labute approximate surface area is 119 Å². The molecule has 1 heterocycles. The molecule has 4 heteroatoms. The molecule has 98 valence electrons. The van der Waals surface area contributed by atoms with Crippen molar-refractivity contribution in [2.45, 2.75) is 20.4 Å². The first-order valence-corrected chi connectivity index (χ1v) is 6.57. The normalized spacial score (nSPS) is 10.0. The molecule has 0 spiro atoms. The molecule has 0 aliphatic heterocycles. The summed E-state index contributed by atoms with van der Waals surface area (Å²) in [5.74, 6) is 0. The van der Waals surface area contributed by atoms with E-state index in [1.54, 1.807) is 6.20 Å². The zero-order chi connectivity index (χ0) is 13.7. The fraction of sp³-hybridized carbons (Fsp3) is 0.200. The average molecular weight is 271 g/mol. The maximum Gasteiger partial charge on any atom is 0.171 e. The summed E-state index contributed by atoms with van der Waals surface area (Å²) in [6.45, 7) is 4.81. The molecule has 0 aliphatic rings. The molecule has 2 N–H and O–H groups in total. The molecule has 1 aromatic heterocycles. The Hall–Kier alpha value is -1.94. The first-order valence-electron chi connectivity index (χ1n) is 6.17. The van der Waals surface area contributed by atoms with Crippen molar-refractivity contribution in [3.05, 3.63) is 59.4 Å². The van der Waals surface area contributed by atoms with E-state index in [0.717, 1.165) is 11.3 Å². The molecule has 0 fully saturated rings. The number of nitrogens with one attached hydrogen (secondary N) is 2. The zero-order valence-corrected chi connectivity index (χ0v) is 11.9. The molecule has 2 aromatic rings. The Morgan fingerprint density at radius 3 is 2.53 bits per heavy atom. The van der Waals surface area contributed by atoms with Crippen LogP contribution in [0.1, 0.15) is 16.7 Å². The van der Waals surface area contributed by atoms with Gasteiger partial charge in [0, 0.05) is 24.6 Å². The number of thiocarbonyl (C=S) groups is 1. The Kier molecular flexibility index (Phi) is 4.47. The number of nitrogens with zero attached hydrogens (tertiary/aromatic N) is 1. The number of benzene rings is 1. The molecule has 0 saturated heterocycles. The Morgan fingerprint density at radius 1 is 1.16 bits per heavy atom. The minimum absolute atomic E-state index is 0.626. The van der Waals surface area contributed by atoms with Crippen LogP contribution in [0.4, 0.5) is 5.69 Å². The van der Waals surface area contributed by atoms with Crippen LogP contribution >= 0.6 is 12.2 Å². The molecule has 3 nitrogen and oxygen atoms in total. The first-order chi connectivity index (χ1) is 9.16. The van der Waals surface area contributed by atoms with E-state index >= 15 is 0 Å². The molecule has 19 heavy (non-hydrogen) atoms. The van der Waals surface area contributed by atoms with E-state index in [4.69, 9.17) is 12.2 Å². The number of para-hydroxylation sites is 1. The fourth-order valence-corrected chi connectivity index (χ4v) is 2.03. The topological polar surface area (TPSA) is 37.0 Å². The molecule has 0 unspecified atom stereocenters. The van der Waals surface area contributed by atoms with Gasteiger partial charge in [0.2, 0.25) is 0 Å². The van der Waals surface area contributed by atoms with Gasteiger partial charge in [-0.3, -0.25) is 4.98 Å².